The van der Waals surface area contributed by atoms with Crippen molar-refractivity contribution < 1.29 is 19.1 Å². The van der Waals surface area contributed by atoms with Crippen LogP contribution in [-0.4, -0.2) is 23.1 Å². The number of carbonyl (C=O) groups is 2. The lowest BCUT2D eigenvalue weighted by molar-refractivity contribution is -0.138. The summed E-state index contributed by atoms with van der Waals surface area (Å²) in [5.74, 6) is -1.97. The summed E-state index contributed by atoms with van der Waals surface area (Å²) in [5.41, 5.74) is -0.330. The number of carbonyl (C=O) groups excluding carboxylic acids is 1. The molecule has 18 heavy (non-hydrogen) atoms. The van der Waals surface area contributed by atoms with Crippen molar-refractivity contribution in [3.63, 3.8) is 0 Å². The first-order valence-corrected chi connectivity index (χ1v) is 4.94. The number of urea groups is 1. The minimum atomic E-state index is -1.20. The van der Waals surface area contributed by atoms with Crippen molar-refractivity contribution >= 4 is 17.7 Å². The highest BCUT2D eigenvalue weighted by Gasteiger charge is 2.15. The summed E-state index contributed by atoms with van der Waals surface area (Å²) in [6.07, 6.45) is 0. The van der Waals surface area contributed by atoms with E-state index in [0.717, 1.165) is 6.07 Å². The Morgan fingerprint density at radius 1 is 1.50 bits per heavy atom. The van der Waals surface area contributed by atoms with Crippen LogP contribution in [0, 0.1) is 17.1 Å². The van der Waals surface area contributed by atoms with Crippen molar-refractivity contribution in [1.82, 2.24) is 5.32 Å². The standard InChI is InChI=1S/C11H10FN3O3/c1-6(10(16)17)14-11(18)15-9-4-2-3-8(12)7(9)5-13/h2-4,6H,1H3,(H,16,17)(H2,14,15,18)/t6-/m1/s1. The van der Waals surface area contributed by atoms with Crippen molar-refractivity contribution in [2.24, 2.45) is 0 Å². The molecular weight excluding hydrogens is 241 g/mol. The van der Waals surface area contributed by atoms with Crippen LogP contribution in [0.4, 0.5) is 14.9 Å². The Hall–Kier alpha value is -2.62. The molecule has 2 amide bonds. The van der Waals surface area contributed by atoms with Crippen LogP contribution in [0.25, 0.3) is 0 Å². The van der Waals surface area contributed by atoms with Gasteiger partial charge >= 0.3 is 12.0 Å². The van der Waals surface area contributed by atoms with Gasteiger partial charge in [-0.15, -0.1) is 0 Å². The van der Waals surface area contributed by atoms with Gasteiger partial charge in [-0.25, -0.2) is 9.18 Å². The highest BCUT2D eigenvalue weighted by Crippen LogP contribution is 2.17. The van der Waals surface area contributed by atoms with E-state index in [1.807, 2.05) is 0 Å². The molecule has 0 unspecified atom stereocenters. The zero-order valence-electron chi connectivity index (χ0n) is 9.40. The van der Waals surface area contributed by atoms with Crippen molar-refractivity contribution in [2.45, 2.75) is 13.0 Å². The molecule has 0 aliphatic carbocycles. The highest BCUT2D eigenvalue weighted by atomic mass is 19.1. The molecule has 7 heteroatoms. The lowest BCUT2D eigenvalue weighted by Gasteiger charge is -2.11. The Labute approximate surface area is 102 Å². The first-order valence-electron chi connectivity index (χ1n) is 4.94. The van der Waals surface area contributed by atoms with Crippen LogP contribution in [0.2, 0.25) is 0 Å². The quantitative estimate of drug-likeness (QED) is 0.753. The molecule has 6 nitrogen and oxygen atoms in total. The first kappa shape index (κ1) is 13.4. The molecule has 0 radical (unpaired) electrons. The van der Waals surface area contributed by atoms with Gasteiger partial charge in [0.2, 0.25) is 0 Å². The second kappa shape index (κ2) is 5.63. The molecule has 0 saturated heterocycles. The molecule has 1 aromatic rings. The van der Waals surface area contributed by atoms with Gasteiger partial charge in [-0.3, -0.25) is 4.79 Å². The Balaban J connectivity index is 2.80. The van der Waals surface area contributed by atoms with Gasteiger partial charge in [-0.1, -0.05) is 6.07 Å². The third-order valence-corrected chi connectivity index (χ3v) is 2.09. The molecule has 94 valence electrons. The maximum absolute atomic E-state index is 13.2. The third kappa shape index (κ3) is 3.18. The fourth-order valence-corrected chi connectivity index (χ4v) is 1.16. The maximum atomic E-state index is 13.2. The minimum absolute atomic E-state index is 0.0208. The number of benzene rings is 1. The predicted octanol–water partition coefficient (Wildman–Crippen LogP) is 1.29. The maximum Gasteiger partial charge on any atom is 0.325 e. The Kier molecular flexibility index (Phi) is 4.21. The van der Waals surface area contributed by atoms with E-state index in [9.17, 15) is 14.0 Å². The molecule has 0 fully saturated rings. The number of halogens is 1. The van der Waals surface area contributed by atoms with E-state index in [2.05, 4.69) is 10.6 Å². The van der Waals surface area contributed by atoms with E-state index >= 15 is 0 Å². The van der Waals surface area contributed by atoms with E-state index in [0.29, 0.717) is 0 Å². The number of hydrogen-bond acceptors (Lipinski definition) is 3. The smallest absolute Gasteiger partial charge is 0.325 e. The Morgan fingerprint density at radius 3 is 2.72 bits per heavy atom. The summed E-state index contributed by atoms with van der Waals surface area (Å²) < 4.78 is 13.2. The van der Waals surface area contributed by atoms with Crippen LogP contribution < -0.4 is 10.6 Å². The number of carboxylic acid groups (broad SMARTS) is 1. The van der Waals surface area contributed by atoms with Crippen LogP contribution in [-0.2, 0) is 4.79 Å². The molecule has 0 saturated carbocycles. The van der Waals surface area contributed by atoms with Gasteiger partial charge in [-0.2, -0.15) is 5.26 Å². The third-order valence-electron chi connectivity index (χ3n) is 2.09. The number of anilines is 1. The van der Waals surface area contributed by atoms with Gasteiger partial charge in [0, 0.05) is 0 Å². The van der Waals surface area contributed by atoms with Crippen molar-refractivity contribution in [3.05, 3.63) is 29.6 Å². The molecule has 0 aromatic heterocycles. The number of carboxylic acids is 1. The van der Waals surface area contributed by atoms with E-state index in [4.69, 9.17) is 10.4 Å². The van der Waals surface area contributed by atoms with Crippen LogP contribution in [0.3, 0.4) is 0 Å². The van der Waals surface area contributed by atoms with Crippen LogP contribution in [0.15, 0.2) is 18.2 Å². The number of nitriles is 1. The number of amides is 2. The molecule has 1 atom stereocenters. The molecule has 0 bridgehead atoms. The topological polar surface area (TPSA) is 102 Å². The number of hydrogen-bond donors (Lipinski definition) is 3. The van der Waals surface area contributed by atoms with Gasteiger partial charge in [0.15, 0.2) is 0 Å². The van der Waals surface area contributed by atoms with Gasteiger partial charge in [0.05, 0.1) is 5.69 Å². The van der Waals surface area contributed by atoms with Crippen LogP contribution in [0.5, 0.6) is 0 Å². The number of nitrogens with one attached hydrogen (secondary N) is 2. The summed E-state index contributed by atoms with van der Waals surface area (Å²) in [6, 6.07) is 3.44. The second-order valence-electron chi connectivity index (χ2n) is 3.43. The summed E-state index contributed by atoms with van der Waals surface area (Å²) in [4.78, 5) is 21.9. The monoisotopic (exact) mass is 251 g/mol. The molecular formula is C11H10FN3O3. The van der Waals surface area contributed by atoms with E-state index in [1.165, 1.54) is 19.1 Å². The van der Waals surface area contributed by atoms with Crippen LogP contribution >= 0.6 is 0 Å². The van der Waals surface area contributed by atoms with Crippen molar-refractivity contribution in [3.8, 4) is 6.07 Å². The fraction of sp³-hybridized carbons (Fsp3) is 0.182. The number of rotatable bonds is 3. The zero-order valence-corrected chi connectivity index (χ0v) is 9.40. The molecule has 1 rings (SSSR count). The number of aliphatic carboxylic acids is 1. The fourth-order valence-electron chi connectivity index (χ4n) is 1.16. The molecule has 0 spiro atoms. The molecule has 1 aromatic carbocycles. The predicted molar refractivity (Wildman–Crippen MR) is 60.4 cm³/mol. The summed E-state index contributed by atoms with van der Waals surface area (Å²) >= 11 is 0. The van der Waals surface area contributed by atoms with Gasteiger partial charge in [0.25, 0.3) is 0 Å². The zero-order chi connectivity index (χ0) is 13.7. The van der Waals surface area contributed by atoms with E-state index < -0.39 is 23.9 Å². The first-order chi connectivity index (χ1) is 8.45. The lowest BCUT2D eigenvalue weighted by Crippen LogP contribution is -2.41. The average Bonchev–Trinajstić information content (AvgIpc) is 2.28. The van der Waals surface area contributed by atoms with Crippen LogP contribution in [0.1, 0.15) is 12.5 Å². The van der Waals surface area contributed by atoms with Gasteiger partial charge in [-0.05, 0) is 19.1 Å². The van der Waals surface area contributed by atoms with Gasteiger partial charge < -0.3 is 15.7 Å². The summed E-state index contributed by atoms with van der Waals surface area (Å²) in [5, 5.41) is 21.6. The second-order valence-corrected chi connectivity index (χ2v) is 3.43. The Bertz CT molecular complexity index is 525. The molecule has 0 heterocycles. The normalized spacial score (nSPS) is 11.2. The lowest BCUT2D eigenvalue weighted by atomic mass is 10.2. The minimum Gasteiger partial charge on any atom is -0.480 e. The largest absolute Gasteiger partial charge is 0.480 e. The Morgan fingerprint density at radius 2 is 2.17 bits per heavy atom. The molecule has 3 N–H and O–H groups in total. The highest BCUT2D eigenvalue weighted by molar-refractivity contribution is 5.93. The summed E-state index contributed by atoms with van der Waals surface area (Å²) in [7, 11) is 0. The average molecular weight is 251 g/mol. The van der Waals surface area contributed by atoms with Gasteiger partial charge in [0.1, 0.15) is 23.5 Å². The number of nitrogens with zero attached hydrogens (tertiary/aromatic N) is 1. The summed E-state index contributed by atoms with van der Waals surface area (Å²) in [6.45, 7) is 1.28. The van der Waals surface area contributed by atoms with E-state index in [1.54, 1.807) is 6.07 Å². The molecule has 0 aliphatic heterocycles. The van der Waals surface area contributed by atoms with Crippen molar-refractivity contribution in [2.75, 3.05) is 5.32 Å². The van der Waals surface area contributed by atoms with E-state index in [-0.39, 0.29) is 11.3 Å². The van der Waals surface area contributed by atoms with Crippen molar-refractivity contribution in [1.29, 1.82) is 5.26 Å². The molecule has 0 aliphatic rings. The SMILES string of the molecule is C[C@@H](NC(=O)Nc1cccc(F)c1C#N)C(=O)O.